The van der Waals surface area contributed by atoms with Gasteiger partial charge in [0.15, 0.2) is 21.3 Å². The first kappa shape index (κ1) is 14.1. The zero-order chi connectivity index (χ0) is 16.2. The summed E-state index contributed by atoms with van der Waals surface area (Å²) >= 11 is 0. The molecule has 0 N–H and O–H groups in total. The van der Waals surface area contributed by atoms with Crippen LogP contribution in [0.3, 0.4) is 0 Å². The molecule has 6 nitrogen and oxygen atoms in total. The number of hydrogen-bond acceptors (Lipinski definition) is 5. The highest BCUT2D eigenvalue weighted by Crippen LogP contribution is 2.35. The van der Waals surface area contributed by atoms with Crippen LogP contribution in [0.2, 0.25) is 0 Å². The molecule has 0 atom stereocenters. The van der Waals surface area contributed by atoms with Crippen molar-refractivity contribution >= 4 is 20.9 Å². The third kappa shape index (κ3) is 2.24. The van der Waals surface area contributed by atoms with Crippen LogP contribution in [0.25, 0.3) is 16.7 Å². The number of benzene rings is 2. The van der Waals surface area contributed by atoms with E-state index in [9.17, 15) is 8.42 Å². The fourth-order valence-corrected chi connectivity index (χ4v) is 3.40. The van der Waals surface area contributed by atoms with E-state index in [-0.39, 0.29) is 11.7 Å². The number of ether oxygens (including phenoxy) is 2. The van der Waals surface area contributed by atoms with Gasteiger partial charge in [0.2, 0.25) is 6.79 Å². The minimum Gasteiger partial charge on any atom is -0.454 e. The van der Waals surface area contributed by atoms with Crippen molar-refractivity contribution in [3.63, 3.8) is 0 Å². The van der Waals surface area contributed by atoms with Crippen molar-refractivity contribution in [2.75, 3.05) is 13.0 Å². The van der Waals surface area contributed by atoms with E-state index in [2.05, 4.69) is 4.98 Å². The Bertz CT molecular complexity index is 1040. The summed E-state index contributed by atoms with van der Waals surface area (Å²) in [5.74, 6) is 2.18. The zero-order valence-corrected chi connectivity index (χ0v) is 13.4. The summed E-state index contributed by atoms with van der Waals surface area (Å²) < 4.78 is 36.1. The smallest absolute Gasteiger partial charge is 0.231 e. The number of hydrogen-bond donors (Lipinski definition) is 0. The summed E-state index contributed by atoms with van der Waals surface area (Å²) in [7, 11) is -3.26. The van der Waals surface area contributed by atoms with E-state index in [0.29, 0.717) is 11.3 Å². The van der Waals surface area contributed by atoms with Crippen LogP contribution in [0.15, 0.2) is 41.3 Å². The van der Waals surface area contributed by atoms with E-state index < -0.39 is 9.84 Å². The average molecular weight is 330 g/mol. The first-order valence-corrected chi connectivity index (χ1v) is 8.92. The van der Waals surface area contributed by atoms with Crippen molar-refractivity contribution in [1.29, 1.82) is 0 Å². The minimum atomic E-state index is -3.26. The number of nitrogens with zero attached hydrogens (tertiary/aromatic N) is 2. The van der Waals surface area contributed by atoms with Gasteiger partial charge in [-0.05, 0) is 37.3 Å². The molecule has 118 valence electrons. The molecule has 0 spiro atoms. The lowest BCUT2D eigenvalue weighted by molar-refractivity contribution is 0.174. The van der Waals surface area contributed by atoms with Crippen LogP contribution < -0.4 is 9.47 Å². The Hall–Kier alpha value is -2.54. The molecule has 7 heteroatoms. The molecule has 0 amide bonds. The molecular formula is C16H14N2O4S. The topological polar surface area (TPSA) is 70.4 Å². The highest BCUT2D eigenvalue weighted by molar-refractivity contribution is 7.90. The van der Waals surface area contributed by atoms with Crippen molar-refractivity contribution in [1.82, 2.24) is 9.55 Å². The van der Waals surface area contributed by atoms with E-state index in [1.54, 1.807) is 18.2 Å². The molecule has 1 aliphatic heterocycles. The van der Waals surface area contributed by atoms with Gasteiger partial charge in [0.1, 0.15) is 5.82 Å². The molecule has 0 unspecified atom stereocenters. The number of sulfone groups is 1. The predicted octanol–water partition coefficient (Wildman–Crippen LogP) is 2.47. The lowest BCUT2D eigenvalue weighted by Crippen LogP contribution is -1.98. The molecular weight excluding hydrogens is 316 g/mol. The fourth-order valence-electron chi connectivity index (χ4n) is 2.76. The van der Waals surface area contributed by atoms with E-state index in [1.807, 2.05) is 29.7 Å². The van der Waals surface area contributed by atoms with Crippen LogP contribution in [0.5, 0.6) is 11.5 Å². The largest absolute Gasteiger partial charge is 0.454 e. The quantitative estimate of drug-likeness (QED) is 0.722. The molecule has 3 aromatic rings. The molecule has 2 aromatic carbocycles. The molecule has 0 saturated carbocycles. The van der Waals surface area contributed by atoms with Gasteiger partial charge in [-0.2, -0.15) is 0 Å². The average Bonchev–Trinajstić information content (AvgIpc) is 3.07. The Balaban J connectivity index is 1.92. The molecule has 0 radical (unpaired) electrons. The first-order chi connectivity index (χ1) is 10.9. The molecule has 23 heavy (non-hydrogen) atoms. The van der Waals surface area contributed by atoms with Gasteiger partial charge in [0.25, 0.3) is 0 Å². The summed E-state index contributed by atoms with van der Waals surface area (Å²) in [6.45, 7) is 2.10. The fraction of sp³-hybridized carbons (Fsp3) is 0.188. The highest BCUT2D eigenvalue weighted by Gasteiger charge is 2.17. The van der Waals surface area contributed by atoms with E-state index in [0.717, 1.165) is 22.8 Å². The minimum absolute atomic E-state index is 0.222. The van der Waals surface area contributed by atoms with Crippen LogP contribution in [0.1, 0.15) is 5.82 Å². The molecule has 2 heterocycles. The van der Waals surface area contributed by atoms with Crippen LogP contribution in [0, 0.1) is 6.92 Å². The Labute approximate surface area is 133 Å². The van der Waals surface area contributed by atoms with Crippen molar-refractivity contribution in [3.05, 3.63) is 42.2 Å². The second-order valence-electron chi connectivity index (χ2n) is 5.45. The monoisotopic (exact) mass is 330 g/mol. The second kappa shape index (κ2) is 4.73. The molecule has 4 rings (SSSR count). The van der Waals surface area contributed by atoms with Gasteiger partial charge >= 0.3 is 0 Å². The molecule has 1 aromatic heterocycles. The van der Waals surface area contributed by atoms with Crippen LogP contribution in [-0.2, 0) is 9.84 Å². The van der Waals surface area contributed by atoms with E-state index >= 15 is 0 Å². The summed E-state index contributed by atoms with van der Waals surface area (Å²) in [6.07, 6.45) is 1.19. The van der Waals surface area contributed by atoms with Gasteiger partial charge in [0.05, 0.1) is 21.6 Å². The van der Waals surface area contributed by atoms with Gasteiger partial charge in [-0.15, -0.1) is 0 Å². The van der Waals surface area contributed by atoms with E-state index in [4.69, 9.17) is 9.47 Å². The SMILES string of the molecule is Cc1nc2cc(S(C)(=O)=O)ccc2n1-c1ccc2c(c1)OCO2. The maximum Gasteiger partial charge on any atom is 0.231 e. The number of aromatic nitrogens is 2. The van der Waals surface area contributed by atoms with Gasteiger partial charge in [-0.3, -0.25) is 4.57 Å². The molecule has 1 aliphatic rings. The number of imidazole rings is 1. The van der Waals surface area contributed by atoms with Gasteiger partial charge < -0.3 is 9.47 Å². The van der Waals surface area contributed by atoms with Gasteiger partial charge in [-0.25, -0.2) is 13.4 Å². The molecule has 0 saturated heterocycles. The third-order valence-corrected chi connectivity index (χ3v) is 4.95. The van der Waals surface area contributed by atoms with Crippen LogP contribution in [0.4, 0.5) is 0 Å². The molecule has 0 fully saturated rings. The summed E-state index contributed by atoms with van der Waals surface area (Å²) in [5, 5.41) is 0. The molecule has 0 aliphatic carbocycles. The van der Waals surface area contributed by atoms with Crippen molar-refractivity contribution < 1.29 is 17.9 Å². The lowest BCUT2D eigenvalue weighted by atomic mass is 10.2. The van der Waals surface area contributed by atoms with Gasteiger partial charge in [0, 0.05) is 12.3 Å². The Morgan fingerprint density at radius 2 is 1.87 bits per heavy atom. The third-order valence-electron chi connectivity index (χ3n) is 3.84. The first-order valence-electron chi connectivity index (χ1n) is 7.03. The predicted molar refractivity (Wildman–Crippen MR) is 85.0 cm³/mol. The highest BCUT2D eigenvalue weighted by atomic mass is 32.2. The summed E-state index contributed by atoms with van der Waals surface area (Å²) in [6, 6.07) is 10.6. The number of aryl methyl sites for hydroxylation is 1. The van der Waals surface area contributed by atoms with Crippen molar-refractivity contribution in [2.24, 2.45) is 0 Å². The van der Waals surface area contributed by atoms with Crippen LogP contribution in [-0.4, -0.2) is 31.0 Å². The Morgan fingerprint density at radius 1 is 1.09 bits per heavy atom. The maximum absolute atomic E-state index is 11.7. The van der Waals surface area contributed by atoms with Crippen molar-refractivity contribution in [3.8, 4) is 17.2 Å². The second-order valence-corrected chi connectivity index (χ2v) is 7.47. The normalized spacial score (nSPS) is 13.7. The maximum atomic E-state index is 11.7. The van der Waals surface area contributed by atoms with Crippen LogP contribution >= 0.6 is 0 Å². The lowest BCUT2D eigenvalue weighted by Gasteiger charge is -2.08. The number of rotatable bonds is 2. The Morgan fingerprint density at radius 3 is 2.65 bits per heavy atom. The summed E-state index contributed by atoms with van der Waals surface area (Å²) in [4.78, 5) is 4.75. The number of fused-ring (bicyclic) bond motifs is 2. The van der Waals surface area contributed by atoms with Crippen molar-refractivity contribution in [2.45, 2.75) is 11.8 Å². The van der Waals surface area contributed by atoms with Gasteiger partial charge in [-0.1, -0.05) is 0 Å². The molecule has 0 bridgehead atoms. The Kier molecular flexibility index (Phi) is 2.89. The standard InChI is InChI=1S/C16H14N2O4S/c1-10-17-13-8-12(23(2,19)20)4-5-14(13)18(10)11-3-6-15-16(7-11)22-9-21-15/h3-8H,9H2,1-2H3. The van der Waals surface area contributed by atoms with E-state index in [1.165, 1.54) is 6.26 Å². The zero-order valence-electron chi connectivity index (χ0n) is 12.6. The summed E-state index contributed by atoms with van der Waals surface area (Å²) in [5.41, 5.74) is 2.37.